The fraction of sp³-hybridized carbons (Fsp3) is 0. The summed E-state index contributed by atoms with van der Waals surface area (Å²) in [4.78, 5) is -0.875. The van der Waals surface area contributed by atoms with Gasteiger partial charge in [-0.15, -0.1) is 0 Å². The van der Waals surface area contributed by atoms with Crippen molar-refractivity contribution >= 4 is 51.1 Å². The minimum atomic E-state index is -4.10. The first kappa shape index (κ1) is 13.1. The second-order valence-corrected chi connectivity index (χ2v) is 7.98. The molecule has 0 aliphatic carbocycles. The van der Waals surface area contributed by atoms with E-state index in [4.69, 9.17) is 33.0 Å². The van der Waals surface area contributed by atoms with Gasteiger partial charge in [0.25, 0.3) is 18.1 Å². The van der Waals surface area contributed by atoms with Crippen LogP contribution in [0.15, 0.2) is 28.0 Å². The van der Waals surface area contributed by atoms with Crippen LogP contribution in [0.5, 0.6) is 0 Å². The van der Waals surface area contributed by atoms with Gasteiger partial charge in [-0.2, -0.15) is 0 Å². The van der Waals surface area contributed by atoms with Gasteiger partial charge in [-0.3, -0.25) is 0 Å². The summed E-state index contributed by atoms with van der Waals surface area (Å²) in [5.74, 6) is 0. The van der Waals surface area contributed by atoms with Crippen LogP contribution < -0.4 is 0 Å². The topological polar surface area (TPSA) is 68.3 Å². The number of rotatable bonds is 2. The van der Waals surface area contributed by atoms with E-state index in [0.29, 0.717) is 0 Å². The second-order valence-electron chi connectivity index (χ2n) is 2.47. The first-order valence-corrected chi connectivity index (χ1v) is 8.31. The molecule has 15 heavy (non-hydrogen) atoms. The van der Waals surface area contributed by atoms with Crippen molar-refractivity contribution in [3.63, 3.8) is 0 Å². The first-order valence-electron chi connectivity index (χ1n) is 3.31. The van der Waals surface area contributed by atoms with E-state index >= 15 is 0 Å². The zero-order valence-electron chi connectivity index (χ0n) is 6.82. The van der Waals surface area contributed by atoms with E-state index in [0.717, 1.165) is 18.2 Å². The van der Waals surface area contributed by atoms with Gasteiger partial charge in [0, 0.05) is 21.4 Å². The third-order valence-electron chi connectivity index (χ3n) is 1.45. The van der Waals surface area contributed by atoms with Gasteiger partial charge in [-0.1, -0.05) is 11.6 Å². The first-order chi connectivity index (χ1) is 6.62. The summed E-state index contributed by atoms with van der Waals surface area (Å²) in [5.41, 5.74) is 0. The zero-order valence-corrected chi connectivity index (χ0v) is 10.7. The Hall–Kier alpha value is -0.0100. The predicted octanol–water partition coefficient (Wildman–Crippen LogP) is 2.20. The molecular weight excluding hydrogens is 307 g/mol. The van der Waals surface area contributed by atoms with Gasteiger partial charge in [-0.25, -0.2) is 16.8 Å². The number of hydrogen-bond acceptors (Lipinski definition) is 4. The molecule has 0 fully saturated rings. The summed E-state index contributed by atoms with van der Waals surface area (Å²) < 4.78 is 43.8. The van der Waals surface area contributed by atoms with Gasteiger partial charge in [0.1, 0.15) is 4.90 Å². The molecule has 1 rings (SSSR count). The average Bonchev–Trinajstić information content (AvgIpc) is 2.00. The van der Waals surface area contributed by atoms with Gasteiger partial charge in [0.2, 0.25) is 0 Å². The number of benzene rings is 1. The Kier molecular flexibility index (Phi) is 3.57. The standard InChI is InChI=1S/C6H3Cl3O4S2/c7-5-2-1-4(14(8,10)11)3-6(5)15(9,12)13/h1-3H. The summed E-state index contributed by atoms with van der Waals surface area (Å²) in [7, 11) is 1.95. The van der Waals surface area contributed by atoms with Crippen LogP contribution in [0.25, 0.3) is 0 Å². The Morgan fingerprint density at radius 1 is 0.933 bits per heavy atom. The second kappa shape index (κ2) is 4.10. The quantitative estimate of drug-likeness (QED) is 0.785. The predicted molar refractivity (Wildman–Crippen MR) is 57.5 cm³/mol. The molecule has 0 N–H and O–H groups in total. The Labute approximate surface area is 101 Å². The fourth-order valence-electron chi connectivity index (χ4n) is 0.822. The van der Waals surface area contributed by atoms with E-state index in [9.17, 15) is 16.8 Å². The highest BCUT2D eigenvalue weighted by Gasteiger charge is 2.19. The fourth-order valence-corrected chi connectivity index (χ4v) is 3.17. The van der Waals surface area contributed by atoms with Crippen LogP contribution in [0.3, 0.4) is 0 Å². The van der Waals surface area contributed by atoms with Gasteiger partial charge in [-0.05, 0) is 18.2 Å². The van der Waals surface area contributed by atoms with Crippen LogP contribution in [0, 0.1) is 0 Å². The minimum Gasteiger partial charge on any atom is -0.207 e. The summed E-state index contributed by atoms with van der Waals surface area (Å²) in [6.07, 6.45) is 0. The van der Waals surface area contributed by atoms with E-state index in [1.54, 1.807) is 0 Å². The van der Waals surface area contributed by atoms with Crippen molar-refractivity contribution in [1.82, 2.24) is 0 Å². The molecule has 1 aromatic rings. The minimum absolute atomic E-state index is 0.172. The molecule has 9 heteroatoms. The Morgan fingerprint density at radius 3 is 1.87 bits per heavy atom. The molecule has 0 aliphatic heterocycles. The van der Waals surface area contributed by atoms with Gasteiger partial charge >= 0.3 is 0 Å². The highest BCUT2D eigenvalue weighted by molar-refractivity contribution is 8.14. The van der Waals surface area contributed by atoms with Gasteiger partial charge < -0.3 is 0 Å². The van der Waals surface area contributed by atoms with Crippen LogP contribution in [-0.4, -0.2) is 16.8 Å². The smallest absolute Gasteiger partial charge is 0.207 e. The molecule has 0 spiro atoms. The van der Waals surface area contributed by atoms with Crippen molar-refractivity contribution < 1.29 is 16.8 Å². The van der Waals surface area contributed by atoms with Crippen LogP contribution in [-0.2, 0) is 18.1 Å². The maximum Gasteiger partial charge on any atom is 0.262 e. The van der Waals surface area contributed by atoms with Crippen LogP contribution in [0.1, 0.15) is 0 Å². The van der Waals surface area contributed by atoms with E-state index < -0.39 is 23.0 Å². The van der Waals surface area contributed by atoms with Crippen molar-refractivity contribution in [1.29, 1.82) is 0 Å². The van der Waals surface area contributed by atoms with Crippen LogP contribution in [0.2, 0.25) is 5.02 Å². The van der Waals surface area contributed by atoms with Crippen molar-refractivity contribution in [2.24, 2.45) is 0 Å². The lowest BCUT2D eigenvalue weighted by Crippen LogP contribution is -1.96. The average molecular weight is 310 g/mol. The summed E-state index contributed by atoms with van der Waals surface area (Å²) in [5, 5.41) is -0.172. The highest BCUT2D eigenvalue weighted by atomic mass is 35.7. The SMILES string of the molecule is O=S(=O)(Cl)c1ccc(Cl)c(S(=O)(=O)Cl)c1. The molecule has 0 saturated heterocycles. The lowest BCUT2D eigenvalue weighted by atomic mass is 10.4. The van der Waals surface area contributed by atoms with Crippen molar-refractivity contribution in [2.75, 3.05) is 0 Å². The monoisotopic (exact) mass is 308 g/mol. The van der Waals surface area contributed by atoms with E-state index in [1.165, 1.54) is 0 Å². The van der Waals surface area contributed by atoms with Crippen molar-refractivity contribution in [3.05, 3.63) is 23.2 Å². The van der Waals surface area contributed by atoms with Gasteiger partial charge in [0.05, 0.1) is 9.92 Å². The van der Waals surface area contributed by atoms with Crippen LogP contribution >= 0.6 is 33.0 Å². The molecule has 1 aromatic carbocycles. The molecule has 0 amide bonds. The third kappa shape index (κ3) is 3.22. The summed E-state index contributed by atoms with van der Waals surface area (Å²) in [6.45, 7) is 0. The summed E-state index contributed by atoms with van der Waals surface area (Å²) >= 11 is 5.53. The molecule has 4 nitrogen and oxygen atoms in total. The molecule has 0 unspecified atom stereocenters. The summed E-state index contributed by atoms with van der Waals surface area (Å²) in [6, 6.07) is 2.97. The number of hydrogen-bond donors (Lipinski definition) is 0. The molecule has 0 aliphatic rings. The maximum atomic E-state index is 11.0. The molecule has 0 aromatic heterocycles. The maximum absolute atomic E-state index is 11.0. The molecule has 0 bridgehead atoms. The molecule has 0 saturated carbocycles. The van der Waals surface area contributed by atoms with E-state index in [2.05, 4.69) is 0 Å². The van der Waals surface area contributed by atoms with Gasteiger partial charge in [0.15, 0.2) is 0 Å². The molecule has 84 valence electrons. The van der Waals surface area contributed by atoms with E-state index in [-0.39, 0.29) is 9.92 Å². The molecule has 0 radical (unpaired) electrons. The Balaban J connectivity index is 3.57. The Morgan fingerprint density at radius 2 is 1.47 bits per heavy atom. The molecular formula is C6H3Cl3O4S2. The third-order valence-corrected chi connectivity index (χ3v) is 4.60. The molecule has 0 atom stereocenters. The Bertz CT molecular complexity index is 591. The van der Waals surface area contributed by atoms with E-state index in [1.807, 2.05) is 0 Å². The largest absolute Gasteiger partial charge is 0.262 e. The highest BCUT2D eigenvalue weighted by Crippen LogP contribution is 2.28. The van der Waals surface area contributed by atoms with Crippen molar-refractivity contribution in [3.8, 4) is 0 Å². The lowest BCUT2D eigenvalue weighted by Gasteiger charge is -2.01. The zero-order chi connectivity index (χ0) is 11.9. The van der Waals surface area contributed by atoms with Crippen LogP contribution in [0.4, 0.5) is 0 Å². The number of halogens is 3. The van der Waals surface area contributed by atoms with Crippen molar-refractivity contribution in [2.45, 2.75) is 9.79 Å². The lowest BCUT2D eigenvalue weighted by molar-refractivity contribution is 0.608. The molecule has 0 heterocycles. The normalized spacial score (nSPS) is 12.7.